The Morgan fingerprint density at radius 1 is 1.43 bits per heavy atom. The van der Waals surface area contributed by atoms with Crippen LogP contribution in [0.15, 0.2) is 54.6 Å². The van der Waals surface area contributed by atoms with Gasteiger partial charge in [0.25, 0.3) is 0 Å². The summed E-state index contributed by atoms with van der Waals surface area (Å²) in [5.74, 6) is -1.03. The van der Waals surface area contributed by atoms with Gasteiger partial charge in [0.15, 0.2) is 0 Å². The van der Waals surface area contributed by atoms with E-state index >= 15 is 0 Å². The first-order valence-corrected chi connectivity index (χ1v) is 7.50. The molecule has 1 aromatic rings. The highest BCUT2D eigenvalue weighted by atomic mass is 19.1. The summed E-state index contributed by atoms with van der Waals surface area (Å²) in [4.78, 5) is 12.0. The molecule has 1 N–H and O–H groups in total. The number of rotatable bonds is 5. The average molecular weight is 316 g/mol. The van der Waals surface area contributed by atoms with E-state index in [1.165, 1.54) is 19.2 Å². The van der Waals surface area contributed by atoms with Gasteiger partial charge in [-0.2, -0.15) is 0 Å². The van der Waals surface area contributed by atoms with Crippen molar-refractivity contribution < 1.29 is 19.0 Å². The van der Waals surface area contributed by atoms with E-state index in [1.54, 1.807) is 12.1 Å². The molecule has 3 nitrogen and oxygen atoms in total. The summed E-state index contributed by atoms with van der Waals surface area (Å²) in [6, 6.07) is 6.11. The predicted molar refractivity (Wildman–Crippen MR) is 88.0 cm³/mol. The first-order chi connectivity index (χ1) is 11.0. The lowest BCUT2D eigenvalue weighted by Gasteiger charge is -2.32. The molecule has 23 heavy (non-hydrogen) atoms. The highest BCUT2D eigenvalue weighted by Crippen LogP contribution is 2.38. The van der Waals surface area contributed by atoms with Gasteiger partial charge in [-0.25, -0.2) is 4.39 Å². The number of benzene rings is 1. The Morgan fingerprint density at radius 2 is 2.22 bits per heavy atom. The van der Waals surface area contributed by atoms with E-state index in [9.17, 15) is 14.3 Å². The molecule has 4 heteroatoms. The molecule has 2 unspecified atom stereocenters. The number of esters is 1. The normalized spacial score (nSPS) is 23.8. The van der Waals surface area contributed by atoms with Crippen molar-refractivity contribution in [1.82, 2.24) is 0 Å². The van der Waals surface area contributed by atoms with Gasteiger partial charge in [0, 0.05) is 5.41 Å². The molecule has 0 aliphatic heterocycles. The standard InChI is InChI=1S/C19H21FO3/c1-19(10-4-3-8-17(19)18(22)23-2)11-9-15(13-21)14-6-5-7-16(20)12-14/h3-10,12,17,21H,11,13H2,1-2H3/b15-9+. The zero-order chi connectivity index (χ0) is 16.9. The van der Waals surface area contributed by atoms with Crippen LogP contribution in [0.3, 0.4) is 0 Å². The largest absolute Gasteiger partial charge is 0.469 e. The Balaban J connectivity index is 2.26. The molecule has 1 aliphatic carbocycles. The molecule has 1 aliphatic rings. The Kier molecular flexibility index (Phi) is 5.50. The second-order valence-corrected chi connectivity index (χ2v) is 5.85. The maximum absolute atomic E-state index is 13.4. The van der Waals surface area contributed by atoms with Gasteiger partial charge >= 0.3 is 5.97 Å². The Bertz CT molecular complexity index is 660. The molecule has 0 saturated carbocycles. The van der Waals surface area contributed by atoms with Crippen LogP contribution >= 0.6 is 0 Å². The molecule has 0 amide bonds. The number of halogens is 1. The summed E-state index contributed by atoms with van der Waals surface area (Å²) in [5, 5.41) is 9.59. The molecule has 0 bridgehead atoms. The summed E-state index contributed by atoms with van der Waals surface area (Å²) < 4.78 is 18.2. The molecule has 0 radical (unpaired) electrons. The van der Waals surface area contributed by atoms with Gasteiger partial charge in [-0.15, -0.1) is 0 Å². The number of carbonyl (C=O) groups is 1. The van der Waals surface area contributed by atoms with Gasteiger partial charge in [0.2, 0.25) is 0 Å². The lowest BCUT2D eigenvalue weighted by atomic mass is 9.71. The number of allylic oxidation sites excluding steroid dienone is 4. The van der Waals surface area contributed by atoms with Crippen molar-refractivity contribution in [3.05, 3.63) is 66.0 Å². The third-order valence-corrected chi connectivity index (χ3v) is 4.21. The van der Waals surface area contributed by atoms with Crippen molar-refractivity contribution in [3.8, 4) is 0 Å². The number of ether oxygens (including phenoxy) is 1. The molecule has 0 spiro atoms. The van der Waals surface area contributed by atoms with Crippen molar-refractivity contribution in [1.29, 1.82) is 0 Å². The minimum Gasteiger partial charge on any atom is -0.469 e. The lowest BCUT2D eigenvalue weighted by Crippen LogP contribution is -2.32. The van der Waals surface area contributed by atoms with Gasteiger partial charge in [-0.3, -0.25) is 4.79 Å². The fourth-order valence-corrected chi connectivity index (χ4v) is 2.75. The topological polar surface area (TPSA) is 46.5 Å². The Morgan fingerprint density at radius 3 is 2.87 bits per heavy atom. The van der Waals surface area contributed by atoms with Crippen LogP contribution in [0.5, 0.6) is 0 Å². The zero-order valence-electron chi connectivity index (χ0n) is 13.3. The van der Waals surface area contributed by atoms with Crippen molar-refractivity contribution in [3.63, 3.8) is 0 Å². The number of hydrogen-bond donors (Lipinski definition) is 1. The van der Waals surface area contributed by atoms with Crippen LogP contribution in [0.1, 0.15) is 18.9 Å². The molecular weight excluding hydrogens is 295 g/mol. The third kappa shape index (κ3) is 3.96. The number of methoxy groups -OCH3 is 1. The van der Waals surface area contributed by atoms with E-state index in [1.807, 2.05) is 37.3 Å². The molecule has 0 saturated heterocycles. The van der Waals surface area contributed by atoms with Gasteiger partial charge in [-0.1, -0.05) is 49.4 Å². The highest BCUT2D eigenvalue weighted by molar-refractivity contribution is 5.76. The van der Waals surface area contributed by atoms with E-state index in [2.05, 4.69) is 0 Å². The van der Waals surface area contributed by atoms with E-state index in [-0.39, 0.29) is 24.3 Å². The molecule has 0 heterocycles. The van der Waals surface area contributed by atoms with E-state index in [4.69, 9.17) is 4.74 Å². The molecule has 0 fully saturated rings. The fourth-order valence-electron chi connectivity index (χ4n) is 2.75. The summed E-state index contributed by atoms with van der Waals surface area (Å²) in [6.07, 6.45) is 9.89. The number of aliphatic hydroxyl groups excluding tert-OH is 1. The molecule has 0 aromatic heterocycles. The summed E-state index contributed by atoms with van der Waals surface area (Å²) in [7, 11) is 1.37. The first-order valence-electron chi connectivity index (χ1n) is 7.50. The lowest BCUT2D eigenvalue weighted by molar-refractivity contribution is -0.146. The maximum atomic E-state index is 13.4. The maximum Gasteiger partial charge on any atom is 0.313 e. The van der Waals surface area contributed by atoms with Crippen LogP contribution in [0.4, 0.5) is 4.39 Å². The van der Waals surface area contributed by atoms with Crippen LogP contribution in [0, 0.1) is 17.2 Å². The van der Waals surface area contributed by atoms with E-state index in [0.29, 0.717) is 17.6 Å². The van der Waals surface area contributed by atoms with E-state index in [0.717, 1.165) is 0 Å². The summed E-state index contributed by atoms with van der Waals surface area (Å²) >= 11 is 0. The Hall–Kier alpha value is -2.20. The predicted octanol–water partition coefficient (Wildman–Crippen LogP) is 3.51. The van der Waals surface area contributed by atoms with Gasteiger partial charge in [0.1, 0.15) is 5.82 Å². The first kappa shape index (κ1) is 17.2. The smallest absolute Gasteiger partial charge is 0.313 e. The second kappa shape index (κ2) is 7.38. The molecule has 122 valence electrons. The number of hydrogen-bond acceptors (Lipinski definition) is 3. The zero-order valence-corrected chi connectivity index (χ0v) is 13.3. The van der Waals surface area contributed by atoms with Crippen molar-refractivity contribution in [2.75, 3.05) is 13.7 Å². The molecular formula is C19H21FO3. The molecule has 1 aromatic carbocycles. The van der Waals surface area contributed by atoms with Crippen LogP contribution < -0.4 is 0 Å². The second-order valence-electron chi connectivity index (χ2n) is 5.85. The number of carbonyl (C=O) groups excluding carboxylic acids is 1. The summed E-state index contributed by atoms with van der Waals surface area (Å²) in [6.45, 7) is 1.77. The van der Waals surface area contributed by atoms with Crippen molar-refractivity contribution >= 4 is 11.5 Å². The quantitative estimate of drug-likeness (QED) is 0.846. The SMILES string of the molecule is COC(=O)C1C=CC=CC1(C)C/C=C(\CO)c1cccc(F)c1. The average Bonchev–Trinajstić information content (AvgIpc) is 2.55. The van der Waals surface area contributed by atoms with Crippen LogP contribution in [0.25, 0.3) is 5.57 Å². The van der Waals surface area contributed by atoms with Gasteiger partial charge in [-0.05, 0) is 29.7 Å². The van der Waals surface area contributed by atoms with Crippen molar-refractivity contribution in [2.45, 2.75) is 13.3 Å². The highest BCUT2D eigenvalue weighted by Gasteiger charge is 2.36. The monoisotopic (exact) mass is 316 g/mol. The van der Waals surface area contributed by atoms with Gasteiger partial charge in [0.05, 0.1) is 19.6 Å². The van der Waals surface area contributed by atoms with E-state index < -0.39 is 5.41 Å². The van der Waals surface area contributed by atoms with Crippen LogP contribution in [0.2, 0.25) is 0 Å². The number of aliphatic hydroxyl groups is 1. The Labute approximate surface area is 135 Å². The van der Waals surface area contributed by atoms with Gasteiger partial charge < -0.3 is 9.84 Å². The third-order valence-electron chi connectivity index (χ3n) is 4.21. The minimum atomic E-state index is -0.449. The van der Waals surface area contributed by atoms with Crippen LogP contribution in [-0.4, -0.2) is 24.8 Å². The molecule has 2 rings (SSSR count). The fraction of sp³-hybridized carbons (Fsp3) is 0.316. The minimum absolute atomic E-state index is 0.192. The van der Waals surface area contributed by atoms with Crippen LogP contribution in [-0.2, 0) is 9.53 Å². The van der Waals surface area contributed by atoms with Crippen molar-refractivity contribution in [2.24, 2.45) is 11.3 Å². The summed E-state index contributed by atoms with van der Waals surface area (Å²) in [5.41, 5.74) is 0.827. The molecule has 2 atom stereocenters.